The fourth-order valence-electron chi connectivity index (χ4n) is 6.18. The molecule has 260 valence electrons. The summed E-state index contributed by atoms with van der Waals surface area (Å²) < 4.78 is 2.21. The van der Waals surface area contributed by atoms with Crippen LogP contribution in [0.1, 0.15) is 22.3 Å². The average Bonchev–Trinajstić information content (AvgIpc) is 3.21. The number of allylic oxidation sites excluding steroid dienone is 2. The Bertz CT molecular complexity index is 2200. The van der Waals surface area contributed by atoms with Gasteiger partial charge in [-0.25, -0.2) is 9.55 Å². The molecule has 7 aromatic rings. The molecule has 0 aliphatic heterocycles. The van der Waals surface area contributed by atoms with E-state index in [1.165, 1.54) is 33.6 Å². The van der Waals surface area contributed by atoms with E-state index in [2.05, 4.69) is 180 Å². The van der Waals surface area contributed by atoms with Crippen molar-refractivity contribution in [2.75, 3.05) is 38.0 Å². The fourth-order valence-corrected chi connectivity index (χ4v) is 6.18. The summed E-state index contributed by atoms with van der Waals surface area (Å²) in [6.07, 6.45) is 14.4. The summed E-state index contributed by atoms with van der Waals surface area (Å²) in [6.45, 7) is 0.773. The number of rotatable bonds is 11. The summed E-state index contributed by atoms with van der Waals surface area (Å²) in [5.41, 5.74) is 13.8. The summed E-state index contributed by atoms with van der Waals surface area (Å²) >= 11 is 0. The van der Waals surface area contributed by atoms with E-state index in [9.17, 15) is 0 Å². The number of anilines is 2. The van der Waals surface area contributed by atoms with Crippen LogP contribution in [0, 0.1) is 0 Å². The Morgan fingerprint density at radius 2 is 1.09 bits per heavy atom. The molecule has 53 heavy (non-hydrogen) atoms. The van der Waals surface area contributed by atoms with Gasteiger partial charge in [0.15, 0.2) is 18.9 Å². The minimum absolute atomic E-state index is 0.773. The summed E-state index contributed by atoms with van der Waals surface area (Å²) in [6, 6.07) is 46.5. The van der Waals surface area contributed by atoms with Gasteiger partial charge in [-0.05, 0) is 94.1 Å². The Balaban J connectivity index is 1.07. The Morgan fingerprint density at radius 1 is 0.566 bits per heavy atom. The van der Waals surface area contributed by atoms with E-state index in [1.807, 2.05) is 36.4 Å². The zero-order chi connectivity index (χ0) is 36.6. The first-order chi connectivity index (χ1) is 25.9. The van der Waals surface area contributed by atoms with Crippen LogP contribution in [-0.4, -0.2) is 43.1 Å². The normalized spacial score (nSPS) is 11.0. The van der Waals surface area contributed by atoms with Crippen LogP contribution >= 0.6 is 0 Å². The van der Waals surface area contributed by atoms with Crippen molar-refractivity contribution in [1.29, 1.82) is 0 Å². The molecule has 3 aromatic carbocycles. The molecule has 0 bridgehead atoms. The topological polar surface area (TPSA) is 49.0 Å². The molecule has 7 rings (SSSR count). The molecule has 0 aliphatic carbocycles. The summed E-state index contributed by atoms with van der Waals surface area (Å²) in [5.74, 6) is 0. The summed E-state index contributed by atoms with van der Waals surface area (Å²) in [7, 11) is 8.27. The minimum Gasteiger partial charge on any atom is -0.378 e. The first kappa shape index (κ1) is 34.8. The molecule has 0 amide bonds. The largest absolute Gasteiger partial charge is 0.378 e. The summed E-state index contributed by atoms with van der Waals surface area (Å²) in [4.78, 5) is 18.3. The third-order valence-corrected chi connectivity index (χ3v) is 9.19. The van der Waals surface area contributed by atoms with Crippen LogP contribution in [0.3, 0.4) is 0 Å². The smallest absolute Gasteiger partial charge is 0.173 e. The van der Waals surface area contributed by atoms with Gasteiger partial charge in [0.05, 0.1) is 22.8 Å². The van der Waals surface area contributed by atoms with Crippen molar-refractivity contribution in [3.63, 3.8) is 0 Å². The Labute approximate surface area is 312 Å². The van der Waals surface area contributed by atoms with Gasteiger partial charge in [0, 0.05) is 69.7 Å². The number of benzene rings is 3. The van der Waals surface area contributed by atoms with E-state index in [0.717, 1.165) is 46.0 Å². The van der Waals surface area contributed by atoms with Crippen molar-refractivity contribution in [1.82, 2.24) is 15.0 Å². The Kier molecular flexibility index (Phi) is 10.6. The van der Waals surface area contributed by atoms with Gasteiger partial charge in [-0.1, -0.05) is 78.9 Å². The number of hydrogen-bond acceptors (Lipinski definition) is 5. The van der Waals surface area contributed by atoms with Crippen molar-refractivity contribution in [2.24, 2.45) is 0 Å². The van der Waals surface area contributed by atoms with Crippen LogP contribution in [0.5, 0.6) is 0 Å². The zero-order valence-corrected chi connectivity index (χ0v) is 30.6. The third kappa shape index (κ3) is 8.63. The molecule has 0 saturated heterocycles. The molecule has 4 aromatic heterocycles. The molecule has 0 fully saturated rings. The molecule has 0 atom stereocenters. The Hall–Kier alpha value is -6.66. The first-order valence-corrected chi connectivity index (χ1v) is 17.8. The maximum absolute atomic E-state index is 4.91. The average molecular weight is 692 g/mol. The van der Waals surface area contributed by atoms with Gasteiger partial charge in [0.1, 0.15) is 0 Å². The quantitative estimate of drug-likeness (QED) is 0.1000. The monoisotopic (exact) mass is 691 g/mol. The van der Waals surface area contributed by atoms with E-state index in [-0.39, 0.29) is 0 Å². The van der Waals surface area contributed by atoms with Gasteiger partial charge in [-0.2, -0.15) is 0 Å². The number of aromatic nitrogens is 4. The van der Waals surface area contributed by atoms with Gasteiger partial charge < -0.3 is 9.80 Å². The maximum Gasteiger partial charge on any atom is 0.173 e. The highest BCUT2D eigenvalue weighted by Crippen LogP contribution is 2.30. The van der Waals surface area contributed by atoms with E-state index in [4.69, 9.17) is 4.98 Å². The number of hydrogen-bond donors (Lipinski definition) is 0. The van der Waals surface area contributed by atoms with Crippen LogP contribution < -0.4 is 14.4 Å². The lowest BCUT2D eigenvalue weighted by molar-refractivity contribution is -0.688. The van der Waals surface area contributed by atoms with Gasteiger partial charge in [-0.3, -0.25) is 9.97 Å². The highest BCUT2D eigenvalue weighted by atomic mass is 15.1. The predicted octanol–water partition coefficient (Wildman–Crippen LogP) is 9.49. The van der Waals surface area contributed by atoms with Gasteiger partial charge >= 0.3 is 0 Å². The number of pyridine rings is 4. The third-order valence-electron chi connectivity index (χ3n) is 9.19. The second-order valence-corrected chi connectivity index (χ2v) is 13.4. The van der Waals surface area contributed by atoms with Crippen molar-refractivity contribution in [3.05, 3.63) is 193 Å². The van der Waals surface area contributed by atoms with Crippen molar-refractivity contribution in [2.45, 2.75) is 6.54 Å². The lowest BCUT2D eigenvalue weighted by Crippen LogP contribution is -2.33. The van der Waals surface area contributed by atoms with Crippen LogP contribution in [0.4, 0.5) is 11.4 Å². The summed E-state index contributed by atoms with van der Waals surface area (Å²) in [5, 5.41) is 0. The van der Waals surface area contributed by atoms with E-state index in [1.54, 1.807) is 12.4 Å². The second kappa shape index (κ2) is 16.1. The van der Waals surface area contributed by atoms with Gasteiger partial charge in [0.25, 0.3) is 0 Å². The number of nitrogens with zero attached hydrogens (tertiary/aromatic N) is 6. The molecule has 0 unspecified atom stereocenters. The van der Waals surface area contributed by atoms with Crippen LogP contribution in [0.2, 0.25) is 0 Å². The molecular formula is C47H43N6+. The first-order valence-electron chi connectivity index (χ1n) is 17.8. The fraction of sp³-hybridized carbons (Fsp3) is 0.106. The lowest BCUT2D eigenvalue weighted by atomic mass is 9.96. The molecule has 0 radical (unpaired) electrons. The molecule has 0 spiro atoms. The van der Waals surface area contributed by atoms with Crippen molar-refractivity contribution < 1.29 is 4.57 Å². The maximum atomic E-state index is 4.91. The SMILES string of the molecule is CN(C)c1ccc(C(=C/C=C/c2cc[n+](Cc3ccc(-c4cc(-c5ccccn5)nc(-c5ccccn5)c4)cc3)cc2)c2ccc(N(C)C)cc2)cc1. The standard InChI is InChI=1S/C47H43N6/c1-51(2)41-22-18-38(19-23-41)43(39-20-24-42(25-21-39)52(3)4)11-9-10-35-26-30-53(31-27-35)34-36-14-16-37(17-15-36)40-32-46(44-12-5-7-28-48-44)50-47(33-40)45-13-6-8-29-49-45/h5-33H,34H2,1-4H3/q+1. The molecule has 6 heteroatoms. The minimum atomic E-state index is 0.773. The Morgan fingerprint density at radius 3 is 1.57 bits per heavy atom. The lowest BCUT2D eigenvalue weighted by Gasteiger charge is -2.16. The van der Waals surface area contributed by atoms with E-state index < -0.39 is 0 Å². The highest BCUT2D eigenvalue weighted by Gasteiger charge is 2.12. The molecule has 0 N–H and O–H groups in total. The van der Waals surface area contributed by atoms with Crippen molar-refractivity contribution in [3.8, 4) is 33.9 Å². The van der Waals surface area contributed by atoms with Gasteiger partial charge in [-0.15, -0.1) is 0 Å². The van der Waals surface area contributed by atoms with E-state index in [0.29, 0.717) is 0 Å². The molecule has 6 nitrogen and oxygen atoms in total. The molecule has 0 saturated carbocycles. The van der Waals surface area contributed by atoms with Crippen LogP contribution in [0.15, 0.2) is 170 Å². The van der Waals surface area contributed by atoms with E-state index >= 15 is 0 Å². The van der Waals surface area contributed by atoms with Crippen molar-refractivity contribution >= 4 is 23.0 Å². The van der Waals surface area contributed by atoms with Crippen LogP contribution in [-0.2, 0) is 6.54 Å². The second-order valence-electron chi connectivity index (χ2n) is 13.4. The van der Waals surface area contributed by atoms with Crippen LogP contribution in [0.25, 0.3) is 45.6 Å². The predicted molar refractivity (Wildman–Crippen MR) is 220 cm³/mol. The molecule has 4 heterocycles. The zero-order valence-electron chi connectivity index (χ0n) is 30.6. The highest BCUT2D eigenvalue weighted by molar-refractivity contribution is 5.83. The molecular weight excluding hydrogens is 649 g/mol. The molecule has 0 aliphatic rings. The van der Waals surface area contributed by atoms with Gasteiger partial charge in [0.2, 0.25) is 0 Å².